The fourth-order valence-electron chi connectivity index (χ4n) is 3.51. The molecule has 0 aliphatic heterocycles. The number of imidazole rings is 1. The van der Waals surface area contributed by atoms with Gasteiger partial charge in [-0.2, -0.15) is 0 Å². The number of aromatic amines is 1. The third-order valence-corrected chi connectivity index (χ3v) is 6.80. The minimum atomic E-state index is 0.133. The molecule has 2 heteroatoms. The predicted molar refractivity (Wildman–Crippen MR) is 107 cm³/mol. The third kappa shape index (κ3) is 4.06. The molecule has 1 aromatic heterocycles. The van der Waals surface area contributed by atoms with E-state index in [0.717, 1.165) is 25.7 Å². The maximum atomic E-state index is 5.26. The number of hydrogen-bond donors (Lipinski definition) is 1. The molecular formula is C22H42N2. The second kappa shape index (κ2) is 8.06. The zero-order valence-corrected chi connectivity index (χ0v) is 17.9. The summed E-state index contributed by atoms with van der Waals surface area (Å²) in [5, 5.41) is 0. The largest absolute Gasteiger partial charge is 0.345 e. The number of nitrogens with zero attached hydrogens (tertiary/aromatic N) is 1. The van der Waals surface area contributed by atoms with Gasteiger partial charge in [0.05, 0.1) is 5.69 Å². The van der Waals surface area contributed by atoms with Crippen LogP contribution in [0.4, 0.5) is 0 Å². The molecule has 0 amide bonds. The Morgan fingerprint density at radius 2 is 1.29 bits per heavy atom. The van der Waals surface area contributed by atoms with Crippen molar-refractivity contribution in [3.05, 3.63) is 17.2 Å². The first-order valence-corrected chi connectivity index (χ1v) is 10.3. The van der Waals surface area contributed by atoms with Crippen LogP contribution in [0.25, 0.3) is 0 Å². The van der Waals surface area contributed by atoms with Crippen LogP contribution in [0.15, 0.2) is 0 Å². The molecule has 0 unspecified atom stereocenters. The van der Waals surface area contributed by atoms with Gasteiger partial charge in [0.15, 0.2) is 0 Å². The fourth-order valence-corrected chi connectivity index (χ4v) is 3.51. The summed E-state index contributed by atoms with van der Waals surface area (Å²) in [6.45, 7) is 21.0. The topological polar surface area (TPSA) is 28.7 Å². The summed E-state index contributed by atoms with van der Waals surface area (Å²) in [5.74, 6) is 1.20. The van der Waals surface area contributed by atoms with Crippen LogP contribution in [-0.4, -0.2) is 9.97 Å². The van der Waals surface area contributed by atoms with E-state index in [1.54, 1.807) is 0 Å². The molecule has 0 spiro atoms. The predicted octanol–water partition coefficient (Wildman–Crippen LogP) is 7.03. The molecule has 0 saturated carbocycles. The molecule has 140 valence electrons. The summed E-state index contributed by atoms with van der Waals surface area (Å²) < 4.78 is 0. The van der Waals surface area contributed by atoms with Crippen molar-refractivity contribution in [1.29, 1.82) is 0 Å². The molecule has 1 rings (SSSR count). The van der Waals surface area contributed by atoms with Crippen LogP contribution in [-0.2, 0) is 16.2 Å². The van der Waals surface area contributed by atoms with Gasteiger partial charge >= 0.3 is 0 Å². The Bertz CT molecular complexity index is 502. The van der Waals surface area contributed by atoms with Gasteiger partial charge in [0.25, 0.3) is 0 Å². The lowest BCUT2D eigenvalue weighted by Gasteiger charge is -2.32. The van der Waals surface area contributed by atoms with Gasteiger partial charge in [0.1, 0.15) is 5.82 Å². The van der Waals surface area contributed by atoms with Gasteiger partial charge in [-0.3, -0.25) is 0 Å². The molecule has 0 aromatic carbocycles. The van der Waals surface area contributed by atoms with E-state index in [-0.39, 0.29) is 16.2 Å². The first-order valence-electron chi connectivity index (χ1n) is 10.3. The van der Waals surface area contributed by atoms with Gasteiger partial charge in [-0.05, 0) is 32.1 Å². The van der Waals surface area contributed by atoms with Gasteiger partial charge in [-0.25, -0.2) is 4.98 Å². The van der Waals surface area contributed by atoms with Crippen molar-refractivity contribution in [3.8, 4) is 0 Å². The minimum absolute atomic E-state index is 0.133. The van der Waals surface area contributed by atoms with Crippen molar-refractivity contribution in [1.82, 2.24) is 9.97 Å². The van der Waals surface area contributed by atoms with Crippen LogP contribution in [0.2, 0.25) is 0 Å². The van der Waals surface area contributed by atoms with Gasteiger partial charge in [0, 0.05) is 21.9 Å². The molecular weight excluding hydrogens is 292 g/mol. The van der Waals surface area contributed by atoms with Gasteiger partial charge in [-0.1, -0.05) is 75.2 Å². The molecule has 0 aliphatic carbocycles. The smallest absolute Gasteiger partial charge is 0.112 e. The first-order chi connectivity index (χ1) is 11.1. The average Bonchev–Trinajstić information content (AvgIpc) is 3.06. The molecule has 1 heterocycles. The highest BCUT2D eigenvalue weighted by molar-refractivity contribution is 5.31. The van der Waals surface area contributed by atoms with Crippen LogP contribution in [0.5, 0.6) is 0 Å². The molecule has 0 atom stereocenters. The maximum Gasteiger partial charge on any atom is 0.112 e. The van der Waals surface area contributed by atoms with Crippen LogP contribution in [0.3, 0.4) is 0 Å². The number of hydrogen-bond acceptors (Lipinski definition) is 1. The Morgan fingerprint density at radius 3 is 1.71 bits per heavy atom. The van der Waals surface area contributed by atoms with Crippen molar-refractivity contribution in [2.45, 2.75) is 124 Å². The molecule has 0 bridgehead atoms. The number of rotatable bonds is 10. The number of nitrogens with one attached hydrogen (secondary N) is 1. The van der Waals surface area contributed by atoms with Crippen molar-refractivity contribution in [2.24, 2.45) is 0 Å². The van der Waals surface area contributed by atoms with Crippen LogP contribution in [0.1, 0.15) is 124 Å². The second-order valence-electron chi connectivity index (χ2n) is 8.83. The lowest BCUT2D eigenvalue weighted by atomic mass is 9.74. The van der Waals surface area contributed by atoms with Gasteiger partial charge in [0.2, 0.25) is 0 Å². The minimum Gasteiger partial charge on any atom is -0.345 e. The number of aromatic nitrogens is 2. The Labute approximate surface area is 151 Å². The summed E-state index contributed by atoms with van der Waals surface area (Å²) in [5.41, 5.74) is 3.19. The Hall–Kier alpha value is -0.790. The summed E-state index contributed by atoms with van der Waals surface area (Å²) in [4.78, 5) is 9.09. The van der Waals surface area contributed by atoms with Gasteiger partial charge in [-0.15, -0.1) is 0 Å². The number of H-pyrrole nitrogens is 1. The lowest BCUT2D eigenvalue weighted by Crippen LogP contribution is -2.28. The lowest BCUT2D eigenvalue weighted by molar-refractivity contribution is 0.391. The Balaban J connectivity index is 3.52. The summed E-state index contributed by atoms with van der Waals surface area (Å²) in [6, 6.07) is 0. The van der Waals surface area contributed by atoms with Crippen LogP contribution >= 0.6 is 0 Å². The highest BCUT2D eigenvalue weighted by Gasteiger charge is 2.37. The van der Waals surface area contributed by atoms with E-state index in [1.807, 2.05) is 0 Å². The molecule has 0 aliphatic rings. The highest BCUT2D eigenvalue weighted by atomic mass is 15.0. The van der Waals surface area contributed by atoms with Crippen molar-refractivity contribution >= 4 is 0 Å². The molecule has 1 aromatic rings. The van der Waals surface area contributed by atoms with E-state index >= 15 is 0 Å². The monoisotopic (exact) mass is 334 g/mol. The molecule has 2 nitrogen and oxygen atoms in total. The van der Waals surface area contributed by atoms with E-state index in [2.05, 4.69) is 67.3 Å². The van der Waals surface area contributed by atoms with E-state index in [1.165, 1.54) is 36.5 Å². The van der Waals surface area contributed by atoms with E-state index in [0.29, 0.717) is 0 Å². The molecule has 0 fully saturated rings. The molecule has 0 radical (unpaired) electrons. The summed E-state index contributed by atoms with van der Waals surface area (Å²) >= 11 is 0. The Kier molecular flexibility index (Phi) is 7.14. The van der Waals surface area contributed by atoms with Crippen LogP contribution < -0.4 is 0 Å². The summed E-state index contributed by atoms with van der Waals surface area (Å²) in [6.07, 6.45) is 8.27. The number of unbranched alkanes of at least 4 members (excludes halogenated alkanes) is 1. The maximum absolute atomic E-state index is 5.26. The Morgan fingerprint density at radius 1 is 0.792 bits per heavy atom. The van der Waals surface area contributed by atoms with Gasteiger partial charge < -0.3 is 4.98 Å². The fraction of sp³-hybridized carbons (Fsp3) is 0.864. The zero-order valence-electron chi connectivity index (χ0n) is 17.9. The van der Waals surface area contributed by atoms with Crippen molar-refractivity contribution in [2.75, 3.05) is 0 Å². The average molecular weight is 335 g/mol. The van der Waals surface area contributed by atoms with E-state index in [4.69, 9.17) is 4.98 Å². The second-order valence-corrected chi connectivity index (χ2v) is 8.83. The molecule has 1 N–H and O–H groups in total. The molecule has 0 saturated heterocycles. The van der Waals surface area contributed by atoms with Crippen molar-refractivity contribution in [3.63, 3.8) is 0 Å². The van der Waals surface area contributed by atoms with Crippen molar-refractivity contribution < 1.29 is 0 Å². The standard InChI is InChI=1S/C22H42N2/c1-10-15-16-20(6,7)17-18(21(8,11-2)12-3)24-19(23-17)22(9,13-4)14-5/h10-16H2,1-9H3,(H,23,24). The summed E-state index contributed by atoms with van der Waals surface area (Å²) in [7, 11) is 0. The normalized spacial score (nSPS) is 13.5. The van der Waals surface area contributed by atoms with E-state index < -0.39 is 0 Å². The van der Waals surface area contributed by atoms with Crippen LogP contribution in [0, 0.1) is 0 Å². The first kappa shape index (κ1) is 21.3. The third-order valence-electron chi connectivity index (χ3n) is 6.80. The molecule has 24 heavy (non-hydrogen) atoms. The zero-order chi connectivity index (χ0) is 18.6. The SMILES string of the molecule is CCCCC(C)(C)c1nc(C(C)(CC)CC)[nH]c1C(C)(CC)CC. The quantitative estimate of drug-likeness (QED) is 0.488. The van der Waals surface area contributed by atoms with E-state index in [9.17, 15) is 0 Å². The highest BCUT2D eigenvalue weighted by Crippen LogP contribution is 2.41.